The van der Waals surface area contributed by atoms with E-state index in [2.05, 4.69) is 30.9 Å². The molecule has 0 radical (unpaired) electrons. The van der Waals surface area contributed by atoms with Crippen LogP contribution in [0, 0.1) is 6.92 Å². The van der Waals surface area contributed by atoms with Crippen LogP contribution in [0.2, 0.25) is 0 Å². The lowest BCUT2D eigenvalue weighted by atomic mass is 10.2. The largest absolute Gasteiger partial charge is 0.375 e. The lowest BCUT2D eigenvalue weighted by Gasteiger charge is -2.17. The number of nitrogens with zero attached hydrogens (tertiary/aromatic N) is 6. The lowest BCUT2D eigenvalue weighted by Crippen LogP contribution is -2.22. The number of aryl methyl sites for hydroxylation is 1. The first-order chi connectivity index (χ1) is 14.0. The van der Waals surface area contributed by atoms with E-state index in [1.165, 1.54) is 4.80 Å². The molecule has 4 rings (SSSR count). The van der Waals surface area contributed by atoms with Crippen molar-refractivity contribution >= 4 is 23.1 Å². The van der Waals surface area contributed by atoms with Gasteiger partial charge in [0.15, 0.2) is 5.65 Å². The number of anilines is 2. The van der Waals surface area contributed by atoms with Crippen molar-refractivity contribution in [2.75, 3.05) is 17.7 Å². The van der Waals surface area contributed by atoms with Crippen LogP contribution in [0.5, 0.6) is 0 Å². The summed E-state index contributed by atoms with van der Waals surface area (Å²) in [7, 11) is 1.60. The van der Waals surface area contributed by atoms with Crippen LogP contribution in [0.15, 0.2) is 48.9 Å². The Morgan fingerprint density at radius 1 is 1.14 bits per heavy atom. The van der Waals surface area contributed by atoms with Gasteiger partial charge in [-0.3, -0.25) is 0 Å². The van der Waals surface area contributed by atoms with E-state index >= 15 is 0 Å². The van der Waals surface area contributed by atoms with Gasteiger partial charge in [0, 0.05) is 18.9 Å². The summed E-state index contributed by atoms with van der Waals surface area (Å²) in [6.45, 7) is 3.77. The molecule has 3 aromatic heterocycles. The number of hydrogen-bond acceptors (Lipinski definition) is 6. The number of fused-ring (bicyclic) bond motifs is 1. The minimum Gasteiger partial charge on any atom is -0.375 e. The van der Waals surface area contributed by atoms with Crippen LogP contribution in [0.3, 0.4) is 0 Å². The molecule has 1 aromatic carbocycles. The van der Waals surface area contributed by atoms with Gasteiger partial charge in [0.05, 0.1) is 47.5 Å². The van der Waals surface area contributed by atoms with Crippen molar-refractivity contribution in [1.82, 2.24) is 29.6 Å². The summed E-state index contributed by atoms with van der Waals surface area (Å²) in [6.07, 6.45) is 4.51. The van der Waals surface area contributed by atoms with Gasteiger partial charge >= 0.3 is 6.03 Å². The molecule has 10 nitrogen and oxygen atoms in total. The number of aromatic nitrogens is 6. The number of nitrogens with one attached hydrogen (secondary N) is 2. The van der Waals surface area contributed by atoms with E-state index in [0.29, 0.717) is 22.7 Å². The third-order valence-electron chi connectivity index (χ3n) is 4.40. The molecule has 0 unspecified atom stereocenters. The van der Waals surface area contributed by atoms with E-state index in [-0.39, 0.29) is 6.10 Å². The van der Waals surface area contributed by atoms with Crippen molar-refractivity contribution in [3.63, 3.8) is 0 Å². The summed E-state index contributed by atoms with van der Waals surface area (Å²) in [5.74, 6) is 0. The first kappa shape index (κ1) is 18.6. The molecule has 3 heterocycles. The average Bonchev–Trinajstić information content (AvgIpc) is 3.37. The molecular weight excluding hydrogens is 372 g/mol. The minimum atomic E-state index is -0.399. The number of carbonyl (C=O) groups excluding carboxylic acids is 1. The molecule has 0 saturated carbocycles. The highest BCUT2D eigenvalue weighted by atomic mass is 16.5. The minimum absolute atomic E-state index is 0.295. The Labute approximate surface area is 166 Å². The number of hydrogen-bond donors (Lipinski definition) is 2. The van der Waals surface area contributed by atoms with Gasteiger partial charge in [-0.05, 0) is 38.1 Å². The van der Waals surface area contributed by atoms with Gasteiger partial charge in [-0.1, -0.05) is 0 Å². The molecule has 0 aliphatic carbocycles. The average molecular weight is 392 g/mol. The standard InChI is InChI=1S/C19H20N8O2/c1-12-10-17-20-11-16(18(13(2)29-3)26(17)25-12)24-19(28)23-14-4-6-15(7-5-14)27-21-8-9-22-27/h4-11,13H,1-3H3,(H2,23,24,28)/t13-/m0/s1. The Morgan fingerprint density at radius 3 is 2.55 bits per heavy atom. The summed E-state index contributed by atoms with van der Waals surface area (Å²) in [5, 5.41) is 18.2. The molecule has 0 fully saturated rings. The molecule has 0 saturated heterocycles. The third kappa shape index (κ3) is 3.78. The monoisotopic (exact) mass is 392 g/mol. The second kappa shape index (κ2) is 7.68. The predicted molar refractivity (Wildman–Crippen MR) is 107 cm³/mol. The highest BCUT2D eigenvalue weighted by Crippen LogP contribution is 2.25. The van der Waals surface area contributed by atoms with Gasteiger partial charge in [0.1, 0.15) is 0 Å². The van der Waals surface area contributed by atoms with E-state index in [1.807, 2.05) is 32.0 Å². The Hall–Kier alpha value is -3.79. The predicted octanol–water partition coefficient (Wildman–Crippen LogP) is 2.97. The summed E-state index contributed by atoms with van der Waals surface area (Å²) in [6, 6.07) is 8.64. The molecule has 0 aliphatic rings. The second-order valence-electron chi connectivity index (χ2n) is 6.44. The van der Waals surface area contributed by atoms with Gasteiger partial charge in [-0.15, -0.1) is 0 Å². The quantitative estimate of drug-likeness (QED) is 0.540. The number of carbonyl (C=O) groups is 1. The Bertz CT molecular complexity index is 1140. The van der Waals surface area contributed by atoms with Crippen LogP contribution in [0.1, 0.15) is 24.4 Å². The van der Waals surface area contributed by atoms with E-state index in [0.717, 1.165) is 11.4 Å². The zero-order valence-electron chi connectivity index (χ0n) is 16.2. The second-order valence-corrected chi connectivity index (χ2v) is 6.44. The maximum atomic E-state index is 12.5. The molecule has 1 atom stereocenters. The van der Waals surface area contributed by atoms with E-state index in [4.69, 9.17) is 4.74 Å². The van der Waals surface area contributed by atoms with Crippen molar-refractivity contribution in [2.24, 2.45) is 0 Å². The smallest absolute Gasteiger partial charge is 0.323 e. The van der Waals surface area contributed by atoms with Gasteiger partial charge in [0.25, 0.3) is 0 Å². The summed E-state index contributed by atoms with van der Waals surface area (Å²) < 4.78 is 7.15. The Balaban J connectivity index is 1.54. The highest BCUT2D eigenvalue weighted by molar-refractivity contribution is 6.00. The Morgan fingerprint density at radius 2 is 1.86 bits per heavy atom. The normalized spacial score (nSPS) is 12.1. The van der Waals surface area contributed by atoms with Gasteiger partial charge in [-0.25, -0.2) is 14.3 Å². The maximum Gasteiger partial charge on any atom is 0.323 e. The first-order valence-electron chi connectivity index (χ1n) is 8.98. The third-order valence-corrected chi connectivity index (χ3v) is 4.40. The van der Waals surface area contributed by atoms with Crippen LogP contribution < -0.4 is 10.6 Å². The van der Waals surface area contributed by atoms with Crippen LogP contribution in [-0.4, -0.2) is 42.7 Å². The molecular formula is C19H20N8O2. The molecule has 10 heteroatoms. The number of amides is 2. The van der Waals surface area contributed by atoms with Crippen molar-refractivity contribution < 1.29 is 9.53 Å². The SMILES string of the molecule is CO[C@@H](C)c1c(NC(=O)Nc2ccc(-n3nccn3)cc2)cnc2cc(C)nn12. The van der Waals surface area contributed by atoms with Crippen molar-refractivity contribution in [1.29, 1.82) is 0 Å². The van der Waals surface area contributed by atoms with Crippen molar-refractivity contribution in [2.45, 2.75) is 20.0 Å². The number of ether oxygens (including phenoxy) is 1. The maximum absolute atomic E-state index is 12.5. The van der Waals surface area contributed by atoms with E-state index < -0.39 is 6.03 Å². The summed E-state index contributed by atoms with van der Waals surface area (Å²) >= 11 is 0. The fourth-order valence-corrected chi connectivity index (χ4v) is 2.98. The van der Waals surface area contributed by atoms with Crippen molar-refractivity contribution in [3.8, 4) is 5.69 Å². The molecule has 2 N–H and O–H groups in total. The molecule has 29 heavy (non-hydrogen) atoms. The Kier molecular flexibility index (Phi) is 4.92. The van der Waals surface area contributed by atoms with E-state index in [1.54, 1.807) is 42.3 Å². The highest BCUT2D eigenvalue weighted by Gasteiger charge is 2.18. The zero-order chi connectivity index (χ0) is 20.4. The van der Waals surface area contributed by atoms with Crippen LogP contribution in [-0.2, 0) is 4.74 Å². The molecule has 0 bridgehead atoms. The lowest BCUT2D eigenvalue weighted by molar-refractivity contribution is 0.114. The van der Waals surface area contributed by atoms with Gasteiger partial charge < -0.3 is 15.4 Å². The summed E-state index contributed by atoms with van der Waals surface area (Å²) in [4.78, 5) is 18.4. The molecule has 4 aromatic rings. The summed E-state index contributed by atoms with van der Waals surface area (Å²) in [5.41, 5.74) is 4.17. The number of urea groups is 1. The zero-order valence-corrected chi connectivity index (χ0v) is 16.2. The molecule has 0 aliphatic heterocycles. The number of benzene rings is 1. The number of methoxy groups -OCH3 is 1. The molecule has 0 spiro atoms. The van der Waals surface area contributed by atoms with Crippen LogP contribution >= 0.6 is 0 Å². The van der Waals surface area contributed by atoms with Gasteiger partial charge in [-0.2, -0.15) is 20.1 Å². The topological polar surface area (TPSA) is 111 Å². The van der Waals surface area contributed by atoms with Crippen LogP contribution in [0.4, 0.5) is 16.2 Å². The van der Waals surface area contributed by atoms with Gasteiger partial charge in [0.2, 0.25) is 0 Å². The number of rotatable bonds is 5. The van der Waals surface area contributed by atoms with E-state index in [9.17, 15) is 4.79 Å². The fraction of sp³-hybridized carbons (Fsp3) is 0.211. The van der Waals surface area contributed by atoms with Crippen molar-refractivity contribution in [3.05, 3.63) is 60.3 Å². The molecule has 148 valence electrons. The van der Waals surface area contributed by atoms with Crippen LogP contribution in [0.25, 0.3) is 11.3 Å². The fourth-order valence-electron chi connectivity index (χ4n) is 2.98. The first-order valence-corrected chi connectivity index (χ1v) is 8.98. The molecule has 2 amide bonds.